The summed E-state index contributed by atoms with van der Waals surface area (Å²) in [5.41, 5.74) is 5.14. The minimum absolute atomic E-state index is 0.0943. The van der Waals surface area contributed by atoms with E-state index in [1.165, 1.54) is 17.2 Å². The molecule has 1 aromatic rings. The maximum atomic E-state index is 9.95. The summed E-state index contributed by atoms with van der Waals surface area (Å²) < 4.78 is 0. The molecule has 3 N–H and O–H groups in total. The number of aliphatic hydroxyl groups is 1. The van der Waals surface area contributed by atoms with Gasteiger partial charge in [-0.3, -0.25) is 0 Å². The third-order valence-electron chi connectivity index (χ3n) is 4.50. The lowest BCUT2D eigenvalue weighted by Gasteiger charge is -2.10. The van der Waals surface area contributed by atoms with Gasteiger partial charge >= 0.3 is 0 Å². The molecule has 0 fully saturated rings. The fraction of sp³-hybridized carbons (Fsp3) is 0.455. The average Bonchev–Trinajstić information content (AvgIpc) is 2.51. The fourth-order valence-electron chi connectivity index (χ4n) is 2.68. The van der Waals surface area contributed by atoms with Crippen LogP contribution in [-0.2, 0) is 6.42 Å². The molecular weight excluding hydrogens is 312 g/mol. The van der Waals surface area contributed by atoms with Crippen molar-refractivity contribution in [1.82, 2.24) is 0 Å². The molecule has 0 radical (unpaired) electrons. The Morgan fingerprint density at radius 1 is 1.08 bits per heavy atom. The van der Waals surface area contributed by atoms with Crippen LogP contribution in [0, 0.1) is 6.92 Å². The Balaban J connectivity index is 2.49. The quantitative estimate of drug-likeness (QED) is 0.530. The van der Waals surface area contributed by atoms with Gasteiger partial charge in [-0.15, -0.1) is 0 Å². The highest BCUT2D eigenvalue weighted by Gasteiger charge is 2.06. The van der Waals surface area contributed by atoms with E-state index in [1.54, 1.807) is 6.07 Å². The van der Waals surface area contributed by atoms with Crippen LogP contribution in [-0.4, -0.2) is 21.4 Å². The summed E-state index contributed by atoms with van der Waals surface area (Å²) in [4.78, 5) is 0. The van der Waals surface area contributed by atoms with Crippen LogP contribution in [0.5, 0.6) is 11.5 Å². The summed E-state index contributed by atoms with van der Waals surface area (Å²) in [6.45, 7) is 11.7. The van der Waals surface area contributed by atoms with E-state index in [2.05, 4.69) is 32.6 Å². The molecule has 0 bridgehead atoms. The monoisotopic (exact) mass is 344 g/mol. The van der Waals surface area contributed by atoms with Crippen molar-refractivity contribution in [3.05, 3.63) is 58.7 Å². The van der Waals surface area contributed by atoms with E-state index >= 15 is 0 Å². The molecule has 1 rings (SSSR count). The predicted molar refractivity (Wildman–Crippen MR) is 105 cm³/mol. The van der Waals surface area contributed by atoms with E-state index in [0.717, 1.165) is 42.4 Å². The molecule has 0 amide bonds. The summed E-state index contributed by atoms with van der Waals surface area (Å²) in [5, 5.41) is 29.2. The number of rotatable bonds is 9. The first-order chi connectivity index (χ1) is 11.7. The van der Waals surface area contributed by atoms with Gasteiger partial charge in [-0.2, -0.15) is 0 Å². The second kappa shape index (κ2) is 10.1. The summed E-state index contributed by atoms with van der Waals surface area (Å²) >= 11 is 0. The van der Waals surface area contributed by atoms with E-state index in [1.807, 2.05) is 13.8 Å². The third kappa shape index (κ3) is 7.61. The van der Waals surface area contributed by atoms with Crippen molar-refractivity contribution in [3.8, 4) is 11.5 Å². The number of aromatic hydroxyl groups is 2. The van der Waals surface area contributed by atoms with Gasteiger partial charge in [0.2, 0.25) is 0 Å². The molecule has 1 aromatic carbocycles. The molecule has 0 spiro atoms. The van der Waals surface area contributed by atoms with E-state index < -0.39 is 6.10 Å². The first-order valence-electron chi connectivity index (χ1n) is 8.87. The maximum Gasteiger partial charge on any atom is 0.123 e. The molecule has 0 aliphatic carbocycles. The number of benzene rings is 1. The van der Waals surface area contributed by atoms with Crippen LogP contribution in [0.1, 0.15) is 57.6 Å². The van der Waals surface area contributed by atoms with E-state index in [9.17, 15) is 15.3 Å². The number of allylic oxidation sites excluding steroid dienone is 4. The molecule has 138 valence electrons. The molecule has 0 heterocycles. The summed E-state index contributed by atoms with van der Waals surface area (Å²) in [6, 6.07) is 3.06. The Morgan fingerprint density at radius 2 is 1.72 bits per heavy atom. The molecule has 0 aliphatic rings. The van der Waals surface area contributed by atoms with Crippen molar-refractivity contribution in [2.24, 2.45) is 0 Å². The van der Waals surface area contributed by atoms with Gasteiger partial charge in [-0.05, 0) is 71.4 Å². The standard InChI is InChI=1S/C22H32O3/c1-15(2)21(24)12-10-17(4)8-6-7-16(3)9-11-20-18(5)13-19(23)14-22(20)25/h8-9,13-14,21,23-25H,1,6-7,10-12H2,2-5H3/t21-/m0/s1. The van der Waals surface area contributed by atoms with E-state index in [4.69, 9.17) is 0 Å². The SMILES string of the molecule is C=C(C)[C@@H](O)CCC(C)=CCCC(C)=CCc1c(C)cc(O)cc1O. The minimum Gasteiger partial charge on any atom is -0.508 e. The molecule has 3 heteroatoms. The van der Waals surface area contributed by atoms with Crippen LogP contribution in [0.15, 0.2) is 47.6 Å². The van der Waals surface area contributed by atoms with Gasteiger partial charge in [0.05, 0.1) is 6.10 Å². The van der Waals surface area contributed by atoms with Crippen molar-refractivity contribution >= 4 is 0 Å². The predicted octanol–water partition coefficient (Wildman–Crippen LogP) is 5.34. The highest BCUT2D eigenvalue weighted by Crippen LogP contribution is 2.27. The number of aliphatic hydroxyl groups excluding tert-OH is 1. The third-order valence-corrected chi connectivity index (χ3v) is 4.50. The largest absolute Gasteiger partial charge is 0.508 e. The first kappa shape index (κ1) is 21.0. The van der Waals surface area contributed by atoms with Crippen molar-refractivity contribution < 1.29 is 15.3 Å². The number of aryl methyl sites for hydroxylation is 1. The number of hydrogen-bond donors (Lipinski definition) is 3. The topological polar surface area (TPSA) is 60.7 Å². The molecule has 0 saturated heterocycles. The molecule has 3 nitrogen and oxygen atoms in total. The van der Waals surface area contributed by atoms with Crippen LogP contribution in [0.25, 0.3) is 0 Å². The van der Waals surface area contributed by atoms with Crippen molar-refractivity contribution in [2.45, 2.75) is 65.9 Å². The van der Waals surface area contributed by atoms with E-state index in [-0.39, 0.29) is 11.5 Å². The van der Waals surface area contributed by atoms with Crippen molar-refractivity contribution in [1.29, 1.82) is 0 Å². The molecule has 0 unspecified atom stereocenters. The molecule has 25 heavy (non-hydrogen) atoms. The summed E-state index contributed by atoms with van der Waals surface area (Å²) in [7, 11) is 0. The van der Waals surface area contributed by atoms with Crippen LogP contribution >= 0.6 is 0 Å². The second-order valence-electron chi connectivity index (χ2n) is 7.00. The lowest BCUT2D eigenvalue weighted by atomic mass is 10.0. The molecule has 0 saturated carbocycles. The average molecular weight is 344 g/mol. The zero-order valence-electron chi connectivity index (χ0n) is 16.0. The van der Waals surface area contributed by atoms with Crippen LogP contribution in [0.4, 0.5) is 0 Å². The normalized spacial score (nSPS) is 13.8. The number of phenols is 2. The zero-order valence-corrected chi connectivity index (χ0v) is 16.0. The number of hydrogen-bond acceptors (Lipinski definition) is 3. The van der Waals surface area contributed by atoms with Gasteiger partial charge in [-0.1, -0.05) is 35.5 Å². The maximum absolute atomic E-state index is 9.95. The van der Waals surface area contributed by atoms with Gasteiger partial charge in [0.1, 0.15) is 11.5 Å². The first-order valence-corrected chi connectivity index (χ1v) is 8.87. The highest BCUT2D eigenvalue weighted by atomic mass is 16.3. The second-order valence-corrected chi connectivity index (χ2v) is 7.00. The Bertz CT molecular complexity index is 630. The van der Waals surface area contributed by atoms with Crippen molar-refractivity contribution in [2.75, 3.05) is 0 Å². The molecule has 0 aromatic heterocycles. The smallest absolute Gasteiger partial charge is 0.123 e. The van der Waals surface area contributed by atoms with Gasteiger partial charge in [0.15, 0.2) is 0 Å². The lowest BCUT2D eigenvalue weighted by Crippen LogP contribution is -2.06. The minimum atomic E-state index is -0.411. The van der Waals surface area contributed by atoms with Gasteiger partial charge < -0.3 is 15.3 Å². The zero-order chi connectivity index (χ0) is 19.0. The van der Waals surface area contributed by atoms with Crippen LogP contribution < -0.4 is 0 Å². The fourth-order valence-corrected chi connectivity index (χ4v) is 2.68. The van der Waals surface area contributed by atoms with Gasteiger partial charge in [0.25, 0.3) is 0 Å². The summed E-state index contributed by atoms with van der Waals surface area (Å²) in [5.74, 6) is 0.241. The summed E-state index contributed by atoms with van der Waals surface area (Å²) in [6.07, 6.45) is 8.17. The van der Waals surface area contributed by atoms with Gasteiger partial charge in [0, 0.05) is 11.6 Å². The molecular formula is C22H32O3. The Kier molecular flexibility index (Phi) is 8.50. The van der Waals surface area contributed by atoms with E-state index in [0.29, 0.717) is 6.42 Å². The van der Waals surface area contributed by atoms with Crippen LogP contribution in [0.3, 0.4) is 0 Å². The Morgan fingerprint density at radius 3 is 2.32 bits per heavy atom. The van der Waals surface area contributed by atoms with Crippen molar-refractivity contribution in [3.63, 3.8) is 0 Å². The number of phenolic OH excluding ortho intramolecular Hbond substituents is 2. The Hall–Kier alpha value is -2.00. The van der Waals surface area contributed by atoms with Crippen LogP contribution in [0.2, 0.25) is 0 Å². The highest BCUT2D eigenvalue weighted by molar-refractivity contribution is 5.45. The lowest BCUT2D eigenvalue weighted by molar-refractivity contribution is 0.201. The van der Waals surface area contributed by atoms with Gasteiger partial charge in [-0.25, -0.2) is 0 Å². The molecule has 0 aliphatic heterocycles. The molecule has 1 atom stereocenters. The Labute approximate surface area is 152 Å².